The van der Waals surface area contributed by atoms with E-state index in [9.17, 15) is 20.2 Å². The van der Waals surface area contributed by atoms with Crippen LogP contribution in [-0.4, -0.2) is 15.6 Å². The Bertz CT molecular complexity index is 809. The number of anilines is 1. The van der Waals surface area contributed by atoms with Gasteiger partial charge in [-0.25, -0.2) is 0 Å². The Morgan fingerprint density at radius 3 is 2.39 bits per heavy atom. The predicted molar refractivity (Wildman–Crippen MR) is 83.8 cm³/mol. The minimum atomic E-state index is -0.701. The fourth-order valence-corrected chi connectivity index (χ4v) is 2.07. The molecule has 120 valence electrons. The van der Waals surface area contributed by atoms with Crippen molar-refractivity contribution in [2.45, 2.75) is 20.8 Å². The summed E-state index contributed by atoms with van der Waals surface area (Å²) in [6, 6.07) is 5.12. The zero-order valence-corrected chi connectivity index (χ0v) is 12.7. The molecule has 0 atom stereocenters. The average Bonchev–Trinajstić information content (AvgIpc) is 2.83. The Hall–Kier alpha value is -3.23. The molecule has 0 saturated heterocycles. The summed E-state index contributed by atoms with van der Waals surface area (Å²) in [6.45, 7) is 5.32. The largest absolute Gasteiger partial charge is 0.466 e. The Labute approximate surface area is 130 Å². The molecule has 0 aliphatic carbocycles. The second-order valence-corrected chi connectivity index (χ2v) is 4.85. The highest BCUT2D eigenvalue weighted by Gasteiger charge is 2.19. The number of hydrogen-bond acceptors (Lipinski definition) is 7. The minimum absolute atomic E-state index is 0.0674. The maximum Gasteiger partial charge on any atom is 0.301 e. The van der Waals surface area contributed by atoms with Gasteiger partial charge in [0.2, 0.25) is 0 Å². The van der Waals surface area contributed by atoms with Crippen LogP contribution in [0.4, 0.5) is 17.1 Å². The highest BCUT2D eigenvalue weighted by atomic mass is 16.6. The molecule has 1 aromatic carbocycles. The van der Waals surface area contributed by atoms with E-state index < -0.39 is 15.5 Å². The van der Waals surface area contributed by atoms with Crippen LogP contribution in [0.2, 0.25) is 0 Å². The number of nitro groups is 2. The lowest BCUT2D eigenvalue weighted by Gasteiger charge is -2.04. The van der Waals surface area contributed by atoms with Crippen LogP contribution in [0.1, 0.15) is 24.0 Å². The molecule has 9 nitrogen and oxygen atoms in total. The van der Waals surface area contributed by atoms with Crippen molar-refractivity contribution in [1.29, 1.82) is 0 Å². The van der Waals surface area contributed by atoms with E-state index in [0.29, 0.717) is 11.5 Å². The lowest BCUT2D eigenvalue weighted by Crippen LogP contribution is -2.02. The highest BCUT2D eigenvalue weighted by Crippen LogP contribution is 2.29. The summed E-state index contributed by atoms with van der Waals surface area (Å²) in [4.78, 5) is 20.4. The molecular weight excluding hydrogens is 304 g/mol. The number of rotatable bonds is 5. The van der Waals surface area contributed by atoms with Gasteiger partial charge in [0.1, 0.15) is 17.2 Å². The molecule has 2 aromatic rings. The van der Waals surface area contributed by atoms with Crippen LogP contribution in [0.25, 0.3) is 0 Å². The molecular formula is C14H14N4O5. The van der Waals surface area contributed by atoms with E-state index in [0.717, 1.165) is 17.4 Å². The SMILES string of the molecule is C/C(=N\Nc1ccc([N+](=O)[O-])cc1[N+](=O)[O-])c1cc(C)oc1C. The number of nitrogens with one attached hydrogen (secondary N) is 1. The molecule has 2 rings (SSSR count). The van der Waals surface area contributed by atoms with Crippen LogP contribution in [0, 0.1) is 34.1 Å². The van der Waals surface area contributed by atoms with Gasteiger partial charge in [-0.15, -0.1) is 0 Å². The number of hydrogen-bond donors (Lipinski definition) is 1. The van der Waals surface area contributed by atoms with E-state index in [1.807, 2.05) is 0 Å². The molecule has 0 radical (unpaired) electrons. The summed E-state index contributed by atoms with van der Waals surface area (Å²) >= 11 is 0. The summed E-state index contributed by atoms with van der Waals surface area (Å²) in [5.41, 5.74) is 3.22. The zero-order chi connectivity index (χ0) is 17.1. The molecule has 23 heavy (non-hydrogen) atoms. The van der Waals surface area contributed by atoms with Gasteiger partial charge in [-0.3, -0.25) is 25.7 Å². The van der Waals surface area contributed by atoms with Crippen molar-refractivity contribution in [3.8, 4) is 0 Å². The van der Waals surface area contributed by atoms with Gasteiger partial charge in [0.25, 0.3) is 5.69 Å². The Morgan fingerprint density at radius 2 is 1.87 bits per heavy atom. The molecule has 1 aromatic heterocycles. The van der Waals surface area contributed by atoms with Crippen molar-refractivity contribution >= 4 is 22.8 Å². The van der Waals surface area contributed by atoms with Crippen LogP contribution < -0.4 is 5.43 Å². The van der Waals surface area contributed by atoms with Crippen molar-refractivity contribution in [2.24, 2.45) is 5.10 Å². The van der Waals surface area contributed by atoms with Crippen molar-refractivity contribution in [1.82, 2.24) is 0 Å². The maximum absolute atomic E-state index is 11.0. The van der Waals surface area contributed by atoms with Crippen molar-refractivity contribution in [3.63, 3.8) is 0 Å². The highest BCUT2D eigenvalue weighted by molar-refractivity contribution is 6.00. The maximum atomic E-state index is 11.0. The fourth-order valence-electron chi connectivity index (χ4n) is 2.07. The van der Waals surface area contributed by atoms with Gasteiger partial charge >= 0.3 is 5.69 Å². The number of aryl methyl sites for hydroxylation is 2. The van der Waals surface area contributed by atoms with Crippen molar-refractivity contribution in [2.75, 3.05) is 5.43 Å². The number of nitro benzene ring substituents is 2. The number of hydrazone groups is 1. The van der Waals surface area contributed by atoms with Gasteiger partial charge in [0.05, 0.1) is 21.6 Å². The monoisotopic (exact) mass is 318 g/mol. The Morgan fingerprint density at radius 1 is 1.17 bits per heavy atom. The normalized spacial score (nSPS) is 11.3. The molecule has 0 spiro atoms. The molecule has 0 saturated carbocycles. The average molecular weight is 318 g/mol. The van der Waals surface area contributed by atoms with Gasteiger partial charge in [-0.2, -0.15) is 5.10 Å². The van der Waals surface area contributed by atoms with E-state index in [4.69, 9.17) is 4.42 Å². The molecule has 0 bridgehead atoms. The summed E-state index contributed by atoms with van der Waals surface area (Å²) in [5.74, 6) is 1.41. The second-order valence-electron chi connectivity index (χ2n) is 4.85. The Kier molecular flexibility index (Phi) is 4.39. The van der Waals surface area contributed by atoms with Gasteiger partial charge in [0.15, 0.2) is 0 Å². The summed E-state index contributed by atoms with van der Waals surface area (Å²) in [6.07, 6.45) is 0. The smallest absolute Gasteiger partial charge is 0.301 e. The van der Waals surface area contributed by atoms with Crippen LogP contribution in [0.15, 0.2) is 33.8 Å². The predicted octanol–water partition coefficient (Wildman–Crippen LogP) is 3.55. The van der Waals surface area contributed by atoms with E-state index in [2.05, 4.69) is 10.5 Å². The first-order valence-electron chi connectivity index (χ1n) is 6.60. The van der Waals surface area contributed by atoms with Crippen molar-refractivity contribution in [3.05, 3.63) is 61.6 Å². The number of non-ortho nitro benzene ring substituents is 1. The molecule has 9 heteroatoms. The third-order valence-corrected chi connectivity index (χ3v) is 3.16. The van der Waals surface area contributed by atoms with Crippen LogP contribution in [0.5, 0.6) is 0 Å². The number of furan rings is 1. The van der Waals surface area contributed by atoms with Crippen LogP contribution in [-0.2, 0) is 0 Å². The molecule has 0 aliphatic heterocycles. The van der Waals surface area contributed by atoms with E-state index in [-0.39, 0.29) is 11.4 Å². The topological polar surface area (TPSA) is 124 Å². The first-order valence-corrected chi connectivity index (χ1v) is 6.60. The van der Waals surface area contributed by atoms with Gasteiger partial charge < -0.3 is 4.42 Å². The zero-order valence-electron chi connectivity index (χ0n) is 12.7. The third kappa shape index (κ3) is 3.51. The van der Waals surface area contributed by atoms with E-state index in [1.54, 1.807) is 26.8 Å². The molecule has 0 aliphatic rings. The third-order valence-electron chi connectivity index (χ3n) is 3.16. The van der Waals surface area contributed by atoms with Crippen molar-refractivity contribution < 1.29 is 14.3 Å². The van der Waals surface area contributed by atoms with E-state index in [1.165, 1.54) is 12.1 Å². The number of nitrogens with zero attached hydrogens (tertiary/aromatic N) is 3. The quantitative estimate of drug-likeness (QED) is 0.510. The molecule has 0 fully saturated rings. The molecule has 1 heterocycles. The van der Waals surface area contributed by atoms with Crippen LogP contribution >= 0.6 is 0 Å². The lowest BCUT2D eigenvalue weighted by atomic mass is 10.2. The Balaban J connectivity index is 2.32. The van der Waals surface area contributed by atoms with Gasteiger partial charge in [-0.05, 0) is 32.9 Å². The summed E-state index contributed by atoms with van der Waals surface area (Å²) < 4.78 is 5.40. The van der Waals surface area contributed by atoms with Crippen LogP contribution in [0.3, 0.4) is 0 Å². The standard InChI is InChI=1S/C14H14N4O5/c1-8-6-12(10(3)23-8)9(2)15-16-13-5-4-11(17(19)20)7-14(13)18(21)22/h4-7,16H,1-3H3/b15-9+. The molecule has 1 N–H and O–H groups in total. The van der Waals surface area contributed by atoms with Gasteiger partial charge in [0, 0.05) is 11.6 Å². The fraction of sp³-hybridized carbons (Fsp3) is 0.214. The first-order chi connectivity index (χ1) is 10.8. The number of benzene rings is 1. The second kappa shape index (κ2) is 6.26. The molecule has 0 unspecified atom stereocenters. The van der Waals surface area contributed by atoms with E-state index >= 15 is 0 Å². The lowest BCUT2D eigenvalue weighted by molar-refractivity contribution is -0.393. The first kappa shape index (κ1) is 16.1. The van der Waals surface area contributed by atoms with Gasteiger partial charge in [-0.1, -0.05) is 0 Å². The summed E-state index contributed by atoms with van der Waals surface area (Å²) in [7, 11) is 0. The summed E-state index contributed by atoms with van der Waals surface area (Å²) in [5, 5.41) is 25.8. The molecule has 0 amide bonds. The minimum Gasteiger partial charge on any atom is -0.466 e.